The van der Waals surface area contributed by atoms with Crippen LogP contribution in [0.2, 0.25) is 0 Å². The molecular weight excluding hydrogens is 292 g/mol. The van der Waals surface area contributed by atoms with Crippen LogP contribution in [0.25, 0.3) is 0 Å². The van der Waals surface area contributed by atoms with Gasteiger partial charge in [0, 0.05) is 0 Å². The van der Waals surface area contributed by atoms with E-state index in [2.05, 4.69) is 13.8 Å². The van der Waals surface area contributed by atoms with Crippen LogP contribution in [0, 0.1) is 5.92 Å². The van der Waals surface area contributed by atoms with Crippen molar-refractivity contribution in [2.75, 3.05) is 19.8 Å². The molecule has 0 fully saturated rings. The highest BCUT2D eigenvalue weighted by atomic mass is 16.5. The average Bonchev–Trinajstić information content (AvgIpc) is 2.60. The van der Waals surface area contributed by atoms with Gasteiger partial charge in [0.05, 0.1) is 19.3 Å². The molecular formula is C19H32O4. The number of hydrogen-bond acceptors (Lipinski definition) is 4. The van der Waals surface area contributed by atoms with Crippen LogP contribution in [-0.2, 0) is 4.74 Å². The van der Waals surface area contributed by atoms with E-state index in [0.717, 1.165) is 25.0 Å². The zero-order valence-corrected chi connectivity index (χ0v) is 14.5. The molecule has 0 amide bonds. The first-order chi connectivity index (χ1) is 11.2. The molecule has 0 radical (unpaired) electrons. The molecule has 0 aliphatic heterocycles. The van der Waals surface area contributed by atoms with Crippen molar-refractivity contribution in [1.82, 2.24) is 0 Å². The zero-order valence-electron chi connectivity index (χ0n) is 14.5. The maximum atomic E-state index is 10.1. The predicted octanol–water partition coefficient (Wildman–Crippen LogP) is 3.41. The van der Waals surface area contributed by atoms with Gasteiger partial charge in [0.15, 0.2) is 0 Å². The molecule has 2 N–H and O–H groups in total. The second kappa shape index (κ2) is 12.3. The van der Waals surface area contributed by atoms with Crippen molar-refractivity contribution in [2.45, 2.75) is 58.2 Å². The van der Waals surface area contributed by atoms with Crippen LogP contribution in [-0.4, -0.2) is 42.2 Å². The van der Waals surface area contributed by atoms with Crippen LogP contribution in [0.3, 0.4) is 0 Å². The van der Waals surface area contributed by atoms with E-state index in [1.54, 1.807) is 0 Å². The molecule has 3 unspecified atom stereocenters. The van der Waals surface area contributed by atoms with E-state index in [1.165, 1.54) is 12.8 Å². The van der Waals surface area contributed by atoms with E-state index >= 15 is 0 Å². The third-order valence-electron chi connectivity index (χ3n) is 4.14. The average molecular weight is 324 g/mol. The molecule has 0 aromatic heterocycles. The first kappa shape index (κ1) is 19.9. The third kappa shape index (κ3) is 7.82. The number of ether oxygens (including phenoxy) is 2. The smallest absolute Gasteiger partial charge is 0.119 e. The minimum absolute atomic E-state index is 0.264. The summed E-state index contributed by atoms with van der Waals surface area (Å²) < 4.78 is 11.5. The zero-order chi connectivity index (χ0) is 16.9. The summed E-state index contributed by atoms with van der Waals surface area (Å²) in [5, 5.41) is 19.4. The first-order valence-electron chi connectivity index (χ1n) is 8.81. The molecule has 1 aromatic carbocycles. The molecule has 4 nitrogen and oxygen atoms in total. The van der Waals surface area contributed by atoms with E-state index in [9.17, 15) is 10.2 Å². The molecule has 0 heterocycles. The lowest BCUT2D eigenvalue weighted by molar-refractivity contribution is -0.0927. The Labute approximate surface area is 140 Å². The molecule has 4 heteroatoms. The van der Waals surface area contributed by atoms with Gasteiger partial charge in [-0.2, -0.15) is 0 Å². The third-order valence-corrected chi connectivity index (χ3v) is 4.14. The molecule has 0 aliphatic carbocycles. The lowest BCUT2D eigenvalue weighted by atomic mass is 9.90. The molecule has 1 rings (SSSR count). The highest BCUT2D eigenvalue weighted by Crippen LogP contribution is 2.23. The lowest BCUT2D eigenvalue weighted by Crippen LogP contribution is -2.39. The number of unbranched alkanes of at least 4 members (excludes halogenated alkanes) is 2. The second-order valence-electron chi connectivity index (χ2n) is 5.91. The number of benzene rings is 1. The first-order valence-corrected chi connectivity index (χ1v) is 8.81. The Bertz CT molecular complexity index is 382. The van der Waals surface area contributed by atoms with E-state index in [-0.39, 0.29) is 18.6 Å². The number of para-hydroxylation sites is 1. The van der Waals surface area contributed by atoms with Crippen LogP contribution in [0.15, 0.2) is 30.3 Å². The second-order valence-corrected chi connectivity index (χ2v) is 5.91. The van der Waals surface area contributed by atoms with E-state index < -0.39 is 6.10 Å². The molecule has 0 bridgehead atoms. The van der Waals surface area contributed by atoms with Crippen LogP contribution in [0.1, 0.15) is 46.0 Å². The van der Waals surface area contributed by atoms with Crippen LogP contribution in [0.5, 0.6) is 5.75 Å². The Kier molecular flexibility index (Phi) is 10.7. The Hall–Kier alpha value is -1.10. The van der Waals surface area contributed by atoms with Crippen LogP contribution in [0.4, 0.5) is 0 Å². The van der Waals surface area contributed by atoms with Crippen molar-refractivity contribution < 1.29 is 19.7 Å². The van der Waals surface area contributed by atoms with Gasteiger partial charge in [0.1, 0.15) is 18.5 Å². The van der Waals surface area contributed by atoms with Gasteiger partial charge in [0.25, 0.3) is 0 Å². The molecule has 0 saturated heterocycles. The van der Waals surface area contributed by atoms with Gasteiger partial charge >= 0.3 is 0 Å². The van der Waals surface area contributed by atoms with E-state index in [4.69, 9.17) is 9.47 Å². The maximum absolute atomic E-state index is 10.1. The Morgan fingerprint density at radius 2 is 1.78 bits per heavy atom. The fourth-order valence-electron chi connectivity index (χ4n) is 2.78. The Morgan fingerprint density at radius 3 is 2.39 bits per heavy atom. The minimum Gasteiger partial charge on any atom is -0.491 e. The van der Waals surface area contributed by atoms with Gasteiger partial charge in [0.2, 0.25) is 0 Å². The molecule has 1 aromatic rings. The molecule has 0 aliphatic rings. The molecule has 132 valence electrons. The Balaban J connectivity index is 2.43. The van der Waals surface area contributed by atoms with E-state index in [1.807, 2.05) is 30.3 Å². The summed E-state index contributed by atoms with van der Waals surface area (Å²) in [5.41, 5.74) is 0. The standard InChI is InChI=1S/C19H32O4/c1-3-5-7-10-16(4-2)19(18(21)15-20)23-14-13-22-17-11-8-6-9-12-17/h6,8-9,11-12,16,18-21H,3-5,7,10,13-15H2,1-2H3. The van der Waals surface area contributed by atoms with Gasteiger partial charge in [-0.1, -0.05) is 57.7 Å². The summed E-state index contributed by atoms with van der Waals surface area (Å²) in [6.07, 6.45) is 4.29. The minimum atomic E-state index is -0.835. The molecule has 0 spiro atoms. The highest BCUT2D eigenvalue weighted by Gasteiger charge is 2.27. The number of aliphatic hydroxyl groups excluding tert-OH is 2. The Morgan fingerprint density at radius 1 is 1.04 bits per heavy atom. The van der Waals surface area contributed by atoms with Crippen LogP contribution < -0.4 is 4.74 Å². The van der Waals surface area contributed by atoms with Crippen molar-refractivity contribution in [3.63, 3.8) is 0 Å². The highest BCUT2D eigenvalue weighted by molar-refractivity contribution is 5.20. The monoisotopic (exact) mass is 324 g/mol. The summed E-state index contributed by atoms with van der Waals surface area (Å²) >= 11 is 0. The molecule has 23 heavy (non-hydrogen) atoms. The summed E-state index contributed by atoms with van der Waals surface area (Å²) in [5.74, 6) is 1.07. The van der Waals surface area contributed by atoms with Crippen molar-refractivity contribution in [1.29, 1.82) is 0 Å². The fourth-order valence-corrected chi connectivity index (χ4v) is 2.78. The van der Waals surface area contributed by atoms with Gasteiger partial charge in [-0.25, -0.2) is 0 Å². The van der Waals surface area contributed by atoms with Gasteiger partial charge < -0.3 is 19.7 Å². The van der Waals surface area contributed by atoms with Gasteiger partial charge in [-0.3, -0.25) is 0 Å². The maximum Gasteiger partial charge on any atom is 0.119 e. The van der Waals surface area contributed by atoms with Crippen molar-refractivity contribution in [3.05, 3.63) is 30.3 Å². The lowest BCUT2D eigenvalue weighted by Gasteiger charge is -2.29. The largest absolute Gasteiger partial charge is 0.491 e. The summed E-state index contributed by atoms with van der Waals surface area (Å²) in [7, 11) is 0. The topological polar surface area (TPSA) is 58.9 Å². The SMILES string of the molecule is CCCCCC(CC)C(OCCOc1ccccc1)C(O)CO. The van der Waals surface area contributed by atoms with Gasteiger partial charge in [-0.05, 0) is 24.5 Å². The van der Waals surface area contributed by atoms with E-state index in [0.29, 0.717) is 13.2 Å². The van der Waals surface area contributed by atoms with Crippen molar-refractivity contribution >= 4 is 0 Å². The summed E-state index contributed by atoms with van der Waals surface area (Å²) in [6.45, 7) is 4.86. The summed E-state index contributed by atoms with van der Waals surface area (Å²) in [6, 6.07) is 9.60. The summed E-state index contributed by atoms with van der Waals surface area (Å²) in [4.78, 5) is 0. The quantitative estimate of drug-likeness (QED) is 0.546. The van der Waals surface area contributed by atoms with Gasteiger partial charge in [-0.15, -0.1) is 0 Å². The number of rotatable bonds is 13. The number of aliphatic hydroxyl groups is 2. The normalized spacial score (nSPS) is 15.1. The fraction of sp³-hybridized carbons (Fsp3) is 0.684. The van der Waals surface area contributed by atoms with Crippen LogP contribution >= 0.6 is 0 Å². The van der Waals surface area contributed by atoms with Crippen molar-refractivity contribution in [2.24, 2.45) is 5.92 Å². The molecule has 3 atom stereocenters. The van der Waals surface area contributed by atoms with Crippen molar-refractivity contribution in [3.8, 4) is 5.75 Å². The predicted molar refractivity (Wildman–Crippen MR) is 92.7 cm³/mol. The molecule has 0 saturated carbocycles. The number of hydrogen-bond donors (Lipinski definition) is 2.